The number of allylic oxidation sites excluding steroid dienone is 4. The molecule has 1 aromatic rings. The van der Waals surface area contributed by atoms with Crippen LogP contribution in [0.5, 0.6) is 0 Å². The summed E-state index contributed by atoms with van der Waals surface area (Å²) in [5.74, 6) is -1.54. The monoisotopic (exact) mass is 953 g/mol. The second-order valence-electron chi connectivity index (χ2n) is 18.6. The summed E-state index contributed by atoms with van der Waals surface area (Å²) >= 11 is 0. The summed E-state index contributed by atoms with van der Waals surface area (Å²) in [7, 11) is -4.82. The maximum atomic E-state index is 13.0. The minimum atomic E-state index is -4.82. The fourth-order valence-corrected chi connectivity index (χ4v) is 8.83. The normalized spacial score (nSPS) is 11.7. The van der Waals surface area contributed by atoms with Gasteiger partial charge in [0.25, 0.3) is 0 Å². The van der Waals surface area contributed by atoms with Gasteiger partial charge in [0.05, 0.1) is 29.2 Å². The molecule has 9 heteroatoms. The first kappa shape index (κ1) is 64.2. The van der Waals surface area contributed by atoms with Crippen molar-refractivity contribution < 1.29 is 83.4 Å². The van der Waals surface area contributed by atoms with Crippen molar-refractivity contribution in [3.63, 3.8) is 0 Å². The maximum absolute atomic E-state index is 13.0. The third kappa shape index (κ3) is 40.8. The van der Waals surface area contributed by atoms with E-state index in [9.17, 15) is 22.6 Å². The van der Waals surface area contributed by atoms with Crippen molar-refractivity contribution in [3.8, 4) is 0 Å². The number of hydrogen-bond donors (Lipinski definition) is 0. The molecule has 1 rings (SSSR count). The van der Waals surface area contributed by atoms with Gasteiger partial charge in [0, 0.05) is 0 Å². The molecule has 65 heavy (non-hydrogen) atoms. The first-order valence-electron chi connectivity index (χ1n) is 27.0. The number of rotatable bonds is 47. The van der Waals surface area contributed by atoms with E-state index < -0.39 is 27.0 Å². The molecule has 0 atom stereocenters. The van der Waals surface area contributed by atoms with Gasteiger partial charge in [0.1, 0.15) is 10.1 Å². The summed E-state index contributed by atoms with van der Waals surface area (Å²) < 4.78 is 46.0. The maximum Gasteiger partial charge on any atom is 1.00 e. The minimum Gasteiger partial charge on any atom is -0.744 e. The smallest absolute Gasteiger partial charge is 0.744 e. The standard InChI is InChI=1S/C56H98O7S.K/c1-3-5-7-9-11-13-15-17-19-21-23-25-27-29-31-33-35-37-39-41-43-45-49-62-55(57)53-48-47-52(64(59,60)61)51-54(53)56(58)63-50-46-44-42-40-38-36-34-32-30-28-26-24-22-20-18-16-14-12-10-8-6-4-2;/h23-26,47-48,51H,3-22,27-46,49-50H2,1-2H3,(H,59,60,61);/q;+1/p-1/b25-23+,26-24+;. The molecule has 0 N–H and O–H groups in total. The number of esters is 2. The Morgan fingerprint density at radius 1 is 0.415 bits per heavy atom. The van der Waals surface area contributed by atoms with E-state index in [0.717, 1.165) is 50.7 Å². The molecule has 0 spiro atoms. The van der Waals surface area contributed by atoms with E-state index in [4.69, 9.17) is 9.47 Å². The number of carbonyl (C=O) groups excluding carboxylic acids is 2. The van der Waals surface area contributed by atoms with E-state index in [-0.39, 0.29) is 75.7 Å². The average molecular weight is 954 g/mol. The van der Waals surface area contributed by atoms with Crippen LogP contribution >= 0.6 is 0 Å². The fraction of sp³-hybridized carbons (Fsp3) is 0.786. The van der Waals surface area contributed by atoms with Crippen LogP contribution in [-0.2, 0) is 19.6 Å². The van der Waals surface area contributed by atoms with Gasteiger partial charge in [0.15, 0.2) is 0 Å². The molecule has 0 heterocycles. The predicted octanol–water partition coefficient (Wildman–Crippen LogP) is 14.7. The predicted molar refractivity (Wildman–Crippen MR) is 269 cm³/mol. The molecule has 0 bridgehead atoms. The zero-order chi connectivity index (χ0) is 46.4. The Balaban J connectivity index is 0.0000410. The van der Waals surface area contributed by atoms with E-state index >= 15 is 0 Å². The zero-order valence-electron chi connectivity index (χ0n) is 42.5. The van der Waals surface area contributed by atoms with Gasteiger partial charge >= 0.3 is 63.3 Å². The van der Waals surface area contributed by atoms with Crippen LogP contribution in [0.4, 0.5) is 0 Å². The summed E-state index contributed by atoms with van der Waals surface area (Å²) in [5, 5.41) is 0. The Hall–Kier alpha value is -0.814. The molecule has 0 radical (unpaired) electrons. The van der Waals surface area contributed by atoms with Crippen LogP contribution in [0.3, 0.4) is 0 Å². The fourth-order valence-electron chi connectivity index (χ4n) is 8.33. The Morgan fingerprint density at radius 2 is 0.677 bits per heavy atom. The van der Waals surface area contributed by atoms with E-state index in [1.165, 1.54) is 212 Å². The molecule has 0 fully saturated rings. The average Bonchev–Trinajstić information content (AvgIpc) is 3.28. The quantitative estimate of drug-likeness (QED) is 0.0210. The van der Waals surface area contributed by atoms with Crippen LogP contribution < -0.4 is 51.4 Å². The third-order valence-electron chi connectivity index (χ3n) is 12.5. The van der Waals surface area contributed by atoms with Crippen LogP contribution in [0, 0.1) is 0 Å². The van der Waals surface area contributed by atoms with Gasteiger partial charge in [-0.2, -0.15) is 0 Å². The second kappa shape index (κ2) is 48.2. The van der Waals surface area contributed by atoms with Gasteiger partial charge < -0.3 is 14.0 Å². The minimum absolute atomic E-state index is 0. The largest absolute Gasteiger partial charge is 1.00 e. The topological polar surface area (TPSA) is 110 Å². The van der Waals surface area contributed by atoms with Gasteiger partial charge in [-0.3, -0.25) is 0 Å². The van der Waals surface area contributed by atoms with E-state index in [1.807, 2.05) is 0 Å². The SMILES string of the molecule is CCCCCCCCCCC/C=C/CCCCCCCCCCCOC(=O)c1ccc(S(=O)(=O)[O-])cc1C(=O)OCCCCCCCCCCC/C=C/CCCCCCCCCCC.[K+]. The second-order valence-corrected chi connectivity index (χ2v) is 19.9. The summed E-state index contributed by atoms with van der Waals surface area (Å²) in [6.45, 7) is 4.91. The molecule has 7 nitrogen and oxygen atoms in total. The van der Waals surface area contributed by atoms with Crippen molar-refractivity contribution in [2.75, 3.05) is 13.2 Å². The van der Waals surface area contributed by atoms with Gasteiger partial charge in [-0.15, -0.1) is 0 Å². The molecule has 0 aromatic heterocycles. The molecule has 0 amide bonds. The number of ether oxygens (including phenoxy) is 2. The van der Waals surface area contributed by atoms with Crippen LogP contribution in [0.15, 0.2) is 47.4 Å². The van der Waals surface area contributed by atoms with Crippen molar-refractivity contribution in [2.24, 2.45) is 0 Å². The molecule has 0 unspecified atom stereocenters. The number of unbranched alkanes of at least 4 members (excludes halogenated alkanes) is 36. The van der Waals surface area contributed by atoms with Gasteiger partial charge in [-0.05, 0) is 82.4 Å². The van der Waals surface area contributed by atoms with Crippen LogP contribution in [0.25, 0.3) is 0 Å². The Kier molecular flexibility index (Phi) is 47.6. The van der Waals surface area contributed by atoms with Crippen LogP contribution in [0.2, 0.25) is 0 Å². The summed E-state index contributed by atoms with van der Waals surface area (Å²) in [6.07, 6.45) is 59.5. The van der Waals surface area contributed by atoms with E-state index in [0.29, 0.717) is 12.8 Å². The first-order valence-corrected chi connectivity index (χ1v) is 28.5. The Bertz CT molecular complexity index is 1410. The molecule has 0 aliphatic carbocycles. The Morgan fingerprint density at radius 3 is 0.969 bits per heavy atom. The molecule has 0 saturated heterocycles. The third-order valence-corrected chi connectivity index (χ3v) is 13.3. The summed E-state index contributed by atoms with van der Waals surface area (Å²) in [5.41, 5.74) is -0.335. The van der Waals surface area contributed by atoms with E-state index in [2.05, 4.69) is 38.2 Å². The van der Waals surface area contributed by atoms with Crippen molar-refractivity contribution >= 4 is 22.1 Å². The molecule has 0 aliphatic heterocycles. The molecular weight excluding hydrogens is 856 g/mol. The molecule has 0 aliphatic rings. The van der Waals surface area contributed by atoms with Gasteiger partial charge in [-0.1, -0.05) is 231 Å². The number of hydrogen-bond acceptors (Lipinski definition) is 7. The zero-order valence-corrected chi connectivity index (χ0v) is 46.4. The van der Waals surface area contributed by atoms with Gasteiger partial charge in [-0.25, -0.2) is 18.0 Å². The molecule has 1 aromatic carbocycles. The number of carbonyl (C=O) groups is 2. The van der Waals surface area contributed by atoms with Crippen molar-refractivity contribution in [1.29, 1.82) is 0 Å². The van der Waals surface area contributed by atoms with Gasteiger partial charge in [0.2, 0.25) is 0 Å². The molecule has 0 saturated carbocycles. The number of benzene rings is 1. The molecule has 370 valence electrons. The van der Waals surface area contributed by atoms with Crippen molar-refractivity contribution in [2.45, 2.75) is 276 Å². The van der Waals surface area contributed by atoms with Crippen molar-refractivity contribution in [3.05, 3.63) is 53.6 Å². The van der Waals surface area contributed by atoms with Crippen molar-refractivity contribution in [1.82, 2.24) is 0 Å². The Labute approximate surface area is 443 Å². The summed E-state index contributed by atoms with van der Waals surface area (Å²) in [4.78, 5) is 25.4. The first-order chi connectivity index (χ1) is 31.3. The summed E-state index contributed by atoms with van der Waals surface area (Å²) in [6, 6.07) is 3.16. The molecular formula is C56H97KO7S. The van der Waals surface area contributed by atoms with Crippen LogP contribution in [0.1, 0.15) is 291 Å². The van der Waals surface area contributed by atoms with E-state index in [1.54, 1.807) is 0 Å². The van der Waals surface area contributed by atoms with Crippen LogP contribution in [-0.4, -0.2) is 38.1 Å².